The van der Waals surface area contributed by atoms with E-state index in [1.807, 2.05) is 0 Å². The van der Waals surface area contributed by atoms with Crippen molar-refractivity contribution in [3.05, 3.63) is 0 Å². The van der Waals surface area contributed by atoms with E-state index in [-0.39, 0.29) is 23.8 Å². The van der Waals surface area contributed by atoms with Crippen LogP contribution in [0.25, 0.3) is 0 Å². The maximum atomic E-state index is 13.1. The molecular formula is C17H30N2O3S. The summed E-state index contributed by atoms with van der Waals surface area (Å²) in [7, 11) is -1.71. The van der Waals surface area contributed by atoms with Crippen LogP contribution in [0.15, 0.2) is 0 Å². The van der Waals surface area contributed by atoms with Crippen LogP contribution in [0.5, 0.6) is 0 Å². The minimum absolute atomic E-state index is 0.0687. The lowest BCUT2D eigenvalue weighted by Crippen LogP contribution is -2.51. The number of hydrogen-bond acceptors (Lipinski definition) is 3. The van der Waals surface area contributed by atoms with E-state index < -0.39 is 10.2 Å². The van der Waals surface area contributed by atoms with E-state index in [2.05, 4.69) is 0 Å². The van der Waals surface area contributed by atoms with Crippen LogP contribution in [0.2, 0.25) is 0 Å². The van der Waals surface area contributed by atoms with Crippen molar-refractivity contribution in [1.29, 1.82) is 0 Å². The van der Waals surface area contributed by atoms with Gasteiger partial charge < -0.3 is 0 Å². The zero-order chi connectivity index (χ0) is 16.4. The second kappa shape index (κ2) is 7.19. The zero-order valence-corrected chi connectivity index (χ0v) is 15.1. The number of nitrogens with zero attached hydrogens (tertiary/aromatic N) is 2. The van der Waals surface area contributed by atoms with Gasteiger partial charge in [-0.15, -0.1) is 0 Å². The SMILES string of the molecule is CN(C1CCCCC1)S(=O)(=O)N1CCCC1C1CCCCC1=O. The molecule has 2 aliphatic carbocycles. The van der Waals surface area contributed by atoms with Crippen molar-refractivity contribution in [1.82, 2.24) is 8.61 Å². The molecule has 0 spiro atoms. The van der Waals surface area contributed by atoms with Gasteiger partial charge in [-0.05, 0) is 38.5 Å². The summed E-state index contributed by atoms with van der Waals surface area (Å²) in [6, 6.07) is 0.0379. The van der Waals surface area contributed by atoms with Crippen LogP contribution in [-0.4, -0.2) is 48.5 Å². The molecule has 23 heavy (non-hydrogen) atoms. The van der Waals surface area contributed by atoms with E-state index in [9.17, 15) is 13.2 Å². The Bertz CT molecular complexity index is 528. The van der Waals surface area contributed by atoms with Crippen molar-refractivity contribution in [2.45, 2.75) is 82.7 Å². The lowest BCUT2D eigenvalue weighted by atomic mass is 9.82. The van der Waals surface area contributed by atoms with E-state index in [0.29, 0.717) is 13.0 Å². The molecule has 3 aliphatic rings. The van der Waals surface area contributed by atoms with Gasteiger partial charge in [0.15, 0.2) is 0 Å². The fourth-order valence-corrected chi connectivity index (χ4v) is 6.54. The van der Waals surface area contributed by atoms with Crippen LogP contribution >= 0.6 is 0 Å². The Kier molecular flexibility index (Phi) is 5.43. The van der Waals surface area contributed by atoms with E-state index in [1.165, 1.54) is 6.42 Å². The van der Waals surface area contributed by atoms with Gasteiger partial charge in [0.25, 0.3) is 10.2 Å². The van der Waals surface area contributed by atoms with Crippen LogP contribution in [0.4, 0.5) is 0 Å². The van der Waals surface area contributed by atoms with Crippen molar-refractivity contribution in [3.8, 4) is 0 Å². The van der Waals surface area contributed by atoms with Gasteiger partial charge in [-0.2, -0.15) is 17.0 Å². The topological polar surface area (TPSA) is 57.7 Å². The average Bonchev–Trinajstić information content (AvgIpc) is 3.05. The molecule has 0 aromatic rings. The third-order valence-electron chi connectivity index (χ3n) is 6.06. The van der Waals surface area contributed by atoms with Crippen LogP contribution < -0.4 is 0 Å². The fraction of sp³-hybridized carbons (Fsp3) is 0.941. The summed E-state index contributed by atoms with van der Waals surface area (Å²) in [4.78, 5) is 12.3. The van der Waals surface area contributed by atoms with Crippen molar-refractivity contribution in [2.75, 3.05) is 13.6 Å². The third-order valence-corrected chi connectivity index (χ3v) is 8.14. The summed E-state index contributed by atoms with van der Waals surface area (Å²) in [5.74, 6) is 0.212. The highest BCUT2D eigenvalue weighted by Crippen LogP contribution is 2.35. The number of ketones is 1. The number of hydrogen-bond donors (Lipinski definition) is 0. The minimum atomic E-state index is -3.45. The van der Waals surface area contributed by atoms with E-state index in [4.69, 9.17) is 0 Å². The van der Waals surface area contributed by atoms with Gasteiger partial charge in [0.2, 0.25) is 0 Å². The van der Waals surface area contributed by atoms with E-state index in [1.54, 1.807) is 15.7 Å². The molecule has 1 saturated heterocycles. The van der Waals surface area contributed by atoms with Gasteiger partial charge in [-0.25, -0.2) is 0 Å². The molecule has 0 aromatic carbocycles. The van der Waals surface area contributed by atoms with Gasteiger partial charge >= 0.3 is 0 Å². The monoisotopic (exact) mass is 342 g/mol. The molecule has 0 radical (unpaired) electrons. The molecule has 0 aromatic heterocycles. The largest absolute Gasteiger partial charge is 0.299 e. The summed E-state index contributed by atoms with van der Waals surface area (Å²) < 4.78 is 29.5. The molecule has 3 fully saturated rings. The molecule has 0 amide bonds. The number of rotatable bonds is 4. The summed E-state index contributed by atoms with van der Waals surface area (Å²) in [6.45, 7) is 0.577. The Morgan fingerprint density at radius 3 is 2.35 bits per heavy atom. The molecule has 2 saturated carbocycles. The summed E-state index contributed by atoms with van der Waals surface area (Å²) in [5, 5.41) is 0. The van der Waals surface area contributed by atoms with Gasteiger partial charge in [0.1, 0.15) is 5.78 Å². The Labute approximate surface area is 140 Å². The zero-order valence-electron chi connectivity index (χ0n) is 14.2. The highest BCUT2D eigenvalue weighted by Gasteiger charge is 2.44. The van der Waals surface area contributed by atoms with Gasteiger partial charge in [-0.3, -0.25) is 4.79 Å². The highest BCUT2D eigenvalue weighted by atomic mass is 32.2. The number of carbonyl (C=O) groups excluding carboxylic acids is 1. The lowest BCUT2D eigenvalue weighted by molar-refractivity contribution is -0.126. The van der Waals surface area contributed by atoms with E-state index >= 15 is 0 Å². The average molecular weight is 343 g/mol. The Morgan fingerprint density at radius 2 is 1.65 bits per heavy atom. The molecule has 1 aliphatic heterocycles. The van der Waals surface area contributed by atoms with Crippen molar-refractivity contribution >= 4 is 16.0 Å². The second-order valence-corrected chi connectivity index (χ2v) is 9.40. The van der Waals surface area contributed by atoms with Gasteiger partial charge in [0, 0.05) is 38.0 Å². The smallest absolute Gasteiger partial charge is 0.282 e. The first-order valence-corrected chi connectivity index (χ1v) is 10.7. The summed E-state index contributed by atoms with van der Waals surface area (Å²) >= 11 is 0. The first-order valence-electron chi connectivity index (χ1n) is 9.29. The first kappa shape index (κ1) is 17.4. The quantitative estimate of drug-likeness (QED) is 0.789. The highest BCUT2D eigenvalue weighted by molar-refractivity contribution is 7.86. The second-order valence-electron chi connectivity index (χ2n) is 7.45. The minimum Gasteiger partial charge on any atom is -0.299 e. The van der Waals surface area contributed by atoms with Crippen molar-refractivity contribution < 1.29 is 13.2 Å². The first-order chi connectivity index (χ1) is 11.0. The van der Waals surface area contributed by atoms with Crippen LogP contribution in [0, 0.1) is 5.92 Å². The maximum absolute atomic E-state index is 13.1. The van der Waals surface area contributed by atoms with Crippen LogP contribution in [-0.2, 0) is 15.0 Å². The molecule has 0 N–H and O–H groups in total. The Morgan fingerprint density at radius 1 is 0.957 bits per heavy atom. The molecule has 132 valence electrons. The van der Waals surface area contributed by atoms with E-state index in [0.717, 1.165) is 57.8 Å². The van der Waals surface area contributed by atoms with Crippen LogP contribution in [0.3, 0.4) is 0 Å². The normalized spacial score (nSPS) is 31.8. The molecular weight excluding hydrogens is 312 g/mol. The fourth-order valence-electron chi connectivity index (χ4n) is 4.67. The predicted octanol–water partition coefficient (Wildman–Crippen LogP) is 2.72. The maximum Gasteiger partial charge on any atom is 0.282 e. The van der Waals surface area contributed by atoms with Gasteiger partial charge in [0.05, 0.1) is 0 Å². The number of Topliss-reactive ketones (excluding diaryl/α,β-unsaturated/α-hetero) is 1. The summed E-state index contributed by atoms with van der Waals surface area (Å²) in [6.07, 6.45) is 10.6. The van der Waals surface area contributed by atoms with Crippen molar-refractivity contribution in [3.63, 3.8) is 0 Å². The molecule has 2 unspecified atom stereocenters. The summed E-state index contributed by atoms with van der Waals surface area (Å²) in [5.41, 5.74) is 0. The number of carbonyl (C=O) groups is 1. The van der Waals surface area contributed by atoms with Gasteiger partial charge in [-0.1, -0.05) is 25.7 Å². The molecule has 6 heteroatoms. The molecule has 3 rings (SSSR count). The third kappa shape index (κ3) is 3.49. The van der Waals surface area contributed by atoms with Crippen LogP contribution in [0.1, 0.15) is 70.6 Å². The lowest BCUT2D eigenvalue weighted by Gasteiger charge is -2.37. The molecule has 1 heterocycles. The van der Waals surface area contributed by atoms with Crippen molar-refractivity contribution in [2.24, 2.45) is 5.92 Å². The predicted molar refractivity (Wildman–Crippen MR) is 90.2 cm³/mol. The molecule has 0 bridgehead atoms. The Hall–Kier alpha value is -0.460. The standard InChI is InChI=1S/C17H30N2O3S/c1-18(14-8-3-2-4-9-14)23(21,22)19-13-7-11-16(19)15-10-5-6-12-17(15)20/h14-16H,2-13H2,1H3. The Balaban J connectivity index is 1.76. The molecule has 5 nitrogen and oxygen atoms in total. The molecule has 2 atom stereocenters.